The van der Waals surface area contributed by atoms with Crippen LogP contribution in [0.5, 0.6) is 11.5 Å². The van der Waals surface area contributed by atoms with Crippen LogP contribution < -0.4 is 14.8 Å². The van der Waals surface area contributed by atoms with Crippen LogP contribution in [0.25, 0.3) is 0 Å². The Labute approximate surface area is 109 Å². The van der Waals surface area contributed by atoms with E-state index in [1.165, 1.54) is 0 Å². The van der Waals surface area contributed by atoms with Gasteiger partial charge in [-0.15, -0.1) is 0 Å². The Bertz CT molecular complexity index is 355. The molecule has 1 rings (SSSR count). The van der Waals surface area contributed by atoms with Crippen molar-refractivity contribution in [3.8, 4) is 11.5 Å². The lowest BCUT2D eigenvalue weighted by Gasteiger charge is -2.15. The van der Waals surface area contributed by atoms with E-state index in [9.17, 15) is 0 Å². The van der Waals surface area contributed by atoms with Crippen molar-refractivity contribution in [2.24, 2.45) is 5.92 Å². The lowest BCUT2D eigenvalue weighted by molar-refractivity contribution is 0.260. The number of benzene rings is 1. The summed E-state index contributed by atoms with van der Waals surface area (Å²) in [6, 6.07) is 5.86. The highest BCUT2D eigenvalue weighted by Crippen LogP contribution is 2.30. The Morgan fingerprint density at radius 2 is 2.06 bits per heavy atom. The van der Waals surface area contributed by atoms with Crippen molar-refractivity contribution in [1.29, 1.82) is 0 Å². The van der Waals surface area contributed by atoms with Gasteiger partial charge in [-0.25, -0.2) is 0 Å². The van der Waals surface area contributed by atoms with Crippen LogP contribution in [0.1, 0.15) is 18.9 Å². The Balaban J connectivity index is 2.56. The summed E-state index contributed by atoms with van der Waals surface area (Å²) in [5.41, 5.74) is 1.08. The predicted molar refractivity (Wildman–Crippen MR) is 72.1 cm³/mol. The largest absolute Gasteiger partial charge is 0.493 e. The summed E-state index contributed by atoms with van der Waals surface area (Å²) in [5, 5.41) is 12.2. The summed E-state index contributed by atoms with van der Waals surface area (Å²) in [5.74, 6) is 1.99. The first kappa shape index (κ1) is 14.8. The van der Waals surface area contributed by atoms with Crippen molar-refractivity contribution < 1.29 is 14.6 Å². The SMILES string of the molecule is COc1cccc(CNCC(C)CCO)c1OC. The molecule has 4 heteroatoms. The average molecular weight is 253 g/mol. The second-order valence-electron chi connectivity index (χ2n) is 4.40. The minimum atomic E-state index is 0.241. The Morgan fingerprint density at radius 1 is 1.28 bits per heavy atom. The van der Waals surface area contributed by atoms with Crippen molar-refractivity contribution in [3.05, 3.63) is 23.8 Å². The smallest absolute Gasteiger partial charge is 0.165 e. The van der Waals surface area contributed by atoms with Gasteiger partial charge >= 0.3 is 0 Å². The first-order chi connectivity index (χ1) is 8.72. The van der Waals surface area contributed by atoms with E-state index in [1.54, 1.807) is 14.2 Å². The molecule has 1 unspecified atom stereocenters. The van der Waals surface area contributed by atoms with Gasteiger partial charge in [0.15, 0.2) is 11.5 Å². The van der Waals surface area contributed by atoms with E-state index < -0.39 is 0 Å². The average Bonchev–Trinajstić information content (AvgIpc) is 2.38. The monoisotopic (exact) mass is 253 g/mol. The number of nitrogens with one attached hydrogen (secondary N) is 1. The van der Waals surface area contributed by atoms with Crippen LogP contribution in [0, 0.1) is 5.92 Å². The minimum Gasteiger partial charge on any atom is -0.493 e. The van der Waals surface area contributed by atoms with Crippen molar-refractivity contribution in [2.75, 3.05) is 27.4 Å². The van der Waals surface area contributed by atoms with Gasteiger partial charge in [-0.3, -0.25) is 0 Å². The third kappa shape index (κ3) is 4.20. The van der Waals surface area contributed by atoms with Crippen molar-refractivity contribution in [2.45, 2.75) is 19.9 Å². The molecule has 0 radical (unpaired) electrons. The highest BCUT2D eigenvalue weighted by atomic mass is 16.5. The van der Waals surface area contributed by atoms with Gasteiger partial charge in [-0.1, -0.05) is 19.1 Å². The van der Waals surface area contributed by atoms with E-state index in [-0.39, 0.29) is 6.61 Å². The van der Waals surface area contributed by atoms with Gasteiger partial charge in [0.05, 0.1) is 14.2 Å². The zero-order valence-corrected chi connectivity index (χ0v) is 11.4. The van der Waals surface area contributed by atoms with Gasteiger partial charge in [0.1, 0.15) is 0 Å². The van der Waals surface area contributed by atoms with Crippen molar-refractivity contribution in [3.63, 3.8) is 0 Å². The highest BCUT2D eigenvalue weighted by Gasteiger charge is 2.09. The van der Waals surface area contributed by atoms with Crippen LogP contribution in [-0.4, -0.2) is 32.5 Å². The molecule has 1 atom stereocenters. The molecular weight excluding hydrogens is 230 g/mol. The van der Waals surface area contributed by atoms with Gasteiger partial charge in [0, 0.05) is 18.7 Å². The third-order valence-corrected chi connectivity index (χ3v) is 2.91. The molecule has 0 heterocycles. The lowest BCUT2D eigenvalue weighted by Crippen LogP contribution is -2.21. The first-order valence-corrected chi connectivity index (χ1v) is 6.24. The maximum Gasteiger partial charge on any atom is 0.165 e. The summed E-state index contributed by atoms with van der Waals surface area (Å²) in [6.45, 7) is 3.97. The molecule has 1 aromatic rings. The molecule has 0 saturated heterocycles. The number of hydrogen-bond donors (Lipinski definition) is 2. The fourth-order valence-electron chi connectivity index (χ4n) is 1.87. The van der Waals surface area contributed by atoms with E-state index in [1.807, 2.05) is 18.2 Å². The fraction of sp³-hybridized carbons (Fsp3) is 0.571. The molecule has 4 nitrogen and oxygen atoms in total. The normalized spacial score (nSPS) is 12.2. The van der Waals surface area contributed by atoms with E-state index in [0.29, 0.717) is 5.92 Å². The summed E-state index contributed by atoms with van der Waals surface area (Å²) in [7, 11) is 3.29. The first-order valence-electron chi connectivity index (χ1n) is 6.24. The van der Waals surface area contributed by atoms with E-state index in [2.05, 4.69) is 12.2 Å². The van der Waals surface area contributed by atoms with Gasteiger partial charge in [-0.05, 0) is 24.9 Å². The van der Waals surface area contributed by atoms with Crippen LogP contribution >= 0.6 is 0 Å². The summed E-state index contributed by atoms with van der Waals surface area (Å²) >= 11 is 0. The van der Waals surface area contributed by atoms with Gasteiger partial charge in [-0.2, -0.15) is 0 Å². The summed E-state index contributed by atoms with van der Waals surface area (Å²) in [6.07, 6.45) is 0.822. The molecule has 0 aliphatic rings. The lowest BCUT2D eigenvalue weighted by atomic mass is 10.1. The molecule has 0 amide bonds. The summed E-state index contributed by atoms with van der Waals surface area (Å²) in [4.78, 5) is 0. The zero-order valence-electron chi connectivity index (χ0n) is 11.4. The maximum atomic E-state index is 8.84. The highest BCUT2D eigenvalue weighted by molar-refractivity contribution is 5.46. The topological polar surface area (TPSA) is 50.7 Å². The molecule has 0 aromatic heterocycles. The summed E-state index contributed by atoms with van der Waals surface area (Å²) < 4.78 is 10.6. The second kappa shape index (κ2) is 7.95. The van der Waals surface area contributed by atoms with E-state index in [0.717, 1.165) is 36.6 Å². The number of ether oxygens (including phenoxy) is 2. The molecule has 1 aromatic carbocycles. The molecule has 0 aliphatic heterocycles. The molecule has 18 heavy (non-hydrogen) atoms. The number of aliphatic hydroxyl groups is 1. The van der Waals surface area contributed by atoms with Crippen LogP contribution in [0.15, 0.2) is 18.2 Å². The number of para-hydroxylation sites is 1. The molecule has 102 valence electrons. The van der Waals surface area contributed by atoms with Crippen molar-refractivity contribution in [1.82, 2.24) is 5.32 Å². The predicted octanol–water partition coefficient (Wildman–Crippen LogP) is 1.81. The van der Waals surface area contributed by atoms with E-state index >= 15 is 0 Å². The molecule has 0 aliphatic carbocycles. The van der Waals surface area contributed by atoms with Crippen LogP contribution in [0.2, 0.25) is 0 Å². The standard InChI is InChI=1S/C14H23NO3/c1-11(7-8-16)9-15-10-12-5-4-6-13(17-2)14(12)18-3/h4-6,11,15-16H,7-10H2,1-3H3. The van der Waals surface area contributed by atoms with E-state index in [4.69, 9.17) is 14.6 Å². The third-order valence-electron chi connectivity index (χ3n) is 2.91. The molecule has 0 spiro atoms. The Kier molecular flexibility index (Phi) is 6.54. The second-order valence-corrected chi connectivity index (χ2v) is 4.40. The number of hydrogen-bond acceptors (Lipinski definition) is 4. The Hall–Kier alpha value is -1.26. The van der Waals surface area contributed by atoms with Gasteiger partial charge in [0.2, 0.25) is 0 Å². The number of rotatable bonds is 8. The van der Waals surface area contributed by atoms with Gasteiger partial charge < -0.3 is 19.9 Å². The number of aliphatic hydroxyl groups excluding tert-OH is 1. The zero-order chi connectivity index (χ0) is 13.4. The molecule has 2 N–H and O–H groups in total. The van der Waals surface area contributed by atoms with Crippen LogP contribution in [-0.2, 0) is 6.54 Å². The molecule has 0 fully saturated rings. The van der Waals surface area contributed by atoms with Gasteiger partial charge in [0.25, 0.3) is 0 Å². The quantitative estimate of drug-likeness (QED) is 0.742. The minimum absolute atomic E-state index is 0.241. The molecule has 0 bridgehead atoms. The maximum absolute atomic E-state index is 8.84. The molecule has 0 saturated carbocycles. The molecular formula is C14H23NO3. The van der Waals surface area contributed by atoms with Crippen molar-refractivity contribution >= 4 is 0 Å². The van der Waals surface area contributed by atoms with Crippen LogP contribution in [0.4, 0.5) is 0 Å². The van der Waals surface area contributed by atoms with Crippen LogP contribution in [0.3, 0.4) is 0 Å². The number of methoxy groups -OCH3 is 2. The fourth-order valence-corrected chi connectivity index (χ4v) is 1.87. The Morgan fingerprint density at radius 3 is 2.67 bits per heavy atom.